The van der Waals surface area contributed by atoms with Crippen LogP contribution in [-0.2, 0) is 22.7 Å². The lowest BCUT2D eigenvalue weighted by molar-refractivity contribution is 0.352. The first-order valence-corrected chi connectivity index (χ1v) is 7.50. The maximum absolute atomic E-state index is 11.5. The van der Waals surface area contributed by atoms with Crippen LogP contribution >= 0.6 is 17.0 Å². The van der Waals surface area contributed by atoms with Crippen molar-refractivity contribution < 1.29 is 13.5 Å². The molecule has 0 saturated carbocycles. The maximum Gasteiger partial charge on any atom is 0.179 e. The highest BCUT2D eigenvalue weighted by Crippen LogP contribution is 2.28. The summed E-state index contributed by atoms with van der Waals surface area (Å²) in [4.78, 5) is 2.25. The highest BCUT2D eigenvalue weighted by atomic mass is 79.9. The summed E-state index contributed by atoms with van der Waals surface area (Å²) in [5, 5.41) is 9.77. The van der Waals surface area contributed by atoms with Gasteiger partial charge in [-0.2, -0.15) is 0 Å². The fraction of sp³-hybridized carbons (Fsp3) is 0.500. The number of phenols is 1. The van der Waals surface area contributed by atoms with Crippen LogP contribution in [0.2, 0.25) is 0 Å². The number of rotatable bonds is 1. The van der Waals surface area contributed by atoms with E-state index in [4.69, 9.17) is 0 Å². The third-order valence-electron chi connectivity index (χ3n) is 3.21. The molecule has 1 aliphatic heterocycles. The van der Waals surface area contributed by atoms with Crippen molar-refractivity contribution in [2.75, 3.05) is 26.4 Å². The summed E-state index contributed by atoms with van der Waals surface area (Å²) < 4.78 is 23.0. The number of sulfone groups is 1. The van der Waals surface area contributed by atoms with Gasteiger partial charge in [-0.3, -0.25) is 0 Å². The summed E-state index contributed by atoms with van der Waals surface area (Å²) in [6, 6.07) is 3.23. The molecule has 4 nitrogen and oxygen atoms in total. The molecular formula is C12H18BrNO3S. The van der Waals surface area contributed by atoms with Crippen molar-refractivity contribution in [3.63, 3.8) is 0 Å². The number of halogens is 1. The van der Waals surface area contributed by atoms with Gasteiger partial charge in [0.1, 0.15) is 10.6 Å². The molecule has 0 unspecified atom stereocenters. The summed E-state index contributed by atoms with van der Waals surface area (Å²) in [5.74, 6) is -0.129. The lowest BCUT2D eigenvalue weighted by Crippen LogP contribution is -2.20. The van der Waals surface area contributed by atoms with E-state index in [0.29, 0.717) is 0 Å². The summed E-state index contributed by atoms with van der Waals surface area (Å²) in [6.07, 6.45) is 2.80. The Morgan fingerprint density at radius 3 is 2.17 bits per heavy atom. The van der Waals surface area contributed by atoms with Crippen molar-refractivity contribution >= 4 is 26.8 Å². The molecule has 0 atom stereocenters. The summed E-state index contributed by atoms with van der Waals surface area (Å²) in [6.45, 7) is 1.85. The quantitative estimate of drug-likeness (QED) is 0.842. The second kappa shape index (κ2) is 5.59. The molecule has 0 amide bonds. The zero-order chi connectivity index (χ0) is 12.6. The molecule has 0 saturated heterocycles. The van der Waals surface area contributed by atoms with E-state index < -0.39 is 9.84 Å². The Kier molecular flexibility index (Phi) is 4.80. The van der Waals surface area contributed by atoms with Crippen molar-refractivity contribution in [2.24, 2.45) is 0 Å². The molecule has 1 aromatic rings. The molecule has 2 rings (SSSR count). The van der Waals surface area contributed by atoms with E-state index in [9.17, 15) is 13.5 Å². The van der Waals surface area contributed by atoms with Gasteiger partial charge < -0.3 is 10.0 Å². The monoisotopic (exact) mass is 335 g/mol. The van der Waals surface area contributed by atoms with Gasteiger partial charge in [0.15, 0.2) is 9.84 Å². The van der Waals surface area contributed by atoms with Gasteiger partial charge in [-0.25, -0.2) is 8.42 Å². The summed E-state index contributed by atoms with van der Waals surface area (Å²) in [7, 11) is -1.31. The van der Waals surface area contributed by atoms with E-state index in [1.807, 2.05) is 7.05 Å². The number of phenolic OH excluding ortho intramolecular Hbond substituents is 1. The lowest BCUT2D eigenvalue weighted by Gasteiger charge is -2.10. The third kappa shape index (κ3) is 3.24. The third-order valence-corrected chi connectivity index (χ3v) is 4.33. The van der Waals surface area contributed by atoms with Crippen LogP contribution in [-0.4, -0.2) is 44.8 Å². The number of aromatic hydroxyl groups is 1. The summed E-state index contributed by atoms with van der Waals surface area (Å²) in [5.41, 5.74) is 2.09. The number of hydrogen-bond donors (Lipinski definition) is 1. The van der Waals surface area contributed by atoms with E-state index in [0.717, 1.165) is 43.3 Å². The first-order chi connectivity index (χ1) is 7.88. The fourth-order valence-electron chi connectivity index (χ4n) is 2.15. The Morgan fingerprint density at radius 2 is 1.67 bits per heavy atom. The smallest absolute Gasteiger partial charge is 0.179 e. The van der Waals surface area contributed by atoms with Gasteiger partial charge >= 0.3 is 0 Å². The lowest BCUT2D eigenvalue weighted by atomic mass is 10.0. The van der Waals surface area contributed by atoms with Crippen LogP contribution in [0, 0.1) is 0 Å². The Morgan fingerprint density at radius 1 is 1.17 bits per heavy atom. The molecule has 1 aliphatic rings. The molecule has 0 bridgehead atoms. The second-order valence-corrected chi connectivity index (χ2v) is 6.65. The normalized spacial score (nSPS) is 16.6. The Labute approximate surface area is 118 Å². The molecule has 0 aromatic heterocycles. The van der Waals surface area contributed by atoms with Gasteiger partial charge in [0.05, 0.1) is 0 Å². The zero-order valence-corrected chi connectivity index (χ0v) is 13.0. The van der Waals surface area contributed by atoms with Crippen LogP contribution in [0.5, 0.6) is 5.75 Å². The molecule has 1 aromatic carbocycles. The van der Waals surface area contributed by atoms with E-state index in [1.165, 1.54) is 0 Å². The predicted octanol–water partition coefficient (Wildman–Crippen LogP) is 1.40. The molecule has 0 radical (unpaired) electrons. The minimum Gasteiger partial charge on any atom is -0.507 e. The van der Waals surface area contributed by atoms with Gasteiger partial charge in [-0.05, 0) is 43.1 Å². The molecule has 0 fully saturated rings. The summed E-state index contributed by atoms with van der Waals surface area (Å²) >= 11 is 0. The van der Waals surface area contributed by atoms with E-state index in [2.05, 4.69) is 4.90 Å². The number of fused-ring (bicyclic) bond motifs is 1. The number of hydrogen-bond acceptors (Lipinski definition) is 4. The molecule has 0 aliphatic carbocycles. The van der Waals surface area contributed by atoms with Crippen molar-refractivity contribution in [3.8, 4) is 5.75 Å². The van der Waals surface area contributed by atoms with Gasteiger partial charge in [-0.1, -0.05) is 0 Å². The van der Waals surface area contributed by atoms with Crippen molar-refractivity contribution in [3.05, 3.63) is 23.3 Å². The molecule has 1 heterocycles. The average Bonchev–Trinajstić information content (AvgIpc) is 2.39. The van der Waals surface area contributed by atoms with Crippen LogP contribution in [0.25, 0.3) is 0 Å². The van der Waals surface area contributed by atoms with Gasteiger partial charge in [-0.15, -0.1) is 17.0 Å². The maximum atomic E-state index is 11.5. The zero-order valence-electron chi connectivity index (χ0n) is 10.5. The van der Waals surface area contributed by atoms with Crippen molar-refractivity contribution in [2.45, 2.75) is 17.7 Å². The van der Waals surface area contributed by atoms with Crippen LogP contribution in [0.3, 0.4) is 0 Å². The SMILES string of the molecule is Br.CN1CCc2cc(O)c(S(C)(=O)=O)cc2CC1. The molecule has 102 valence electrons. The molecule has 6 heteroatoms. The van der Waals surface area contributed by atoms with E-state index >= 15 is 0 Å². The Bertz CT molecular complexity index is 542. The fourth-order valence-corrected chi connectivity index (χ4v) is 2.95. The standard InChI is InChI=1S/C12H17NO3S.BrH/c1-13-5-3-9-7-11(14)12(17(2,15)16)8-10(9)4-6-13;/h7-8,14H,3-6H2,1-2H3;1H. The largest absolute Gasteiger partial charge is 0.507 e. The minimum absolute atomic E-state index is 0. The topological polar surface area (TPSA) is 57.6 Å². The Balaban J connectivity index is 0.00000162. The van der Waals surface area contributed by atoms with Crippen molar-refractivity contribution in [1.82, 2.24) is 4.90 Å². The number of likely N-dealkylation sites (N-methyl/N-ethyl adjacent to an activating group) is 1. The first-order valence-electron chi connectivity index (χ1n) is 5.61. The molecule has 1 N–H and O–H groups in total. The number of nitrogens with zero attached hydrogens (tertiary/aromatic N) is 1. The van der Waals surface area contributed by atoms with Crippen LogP contribution in [0.15, 0.2) is 17.0 Å². The molecular weight excluding hydrogens is 318 g/mol. The van der Waals surface area contributed by atoms with Gasteiger partial charge in [0, 0.05) is 19.3 Å². The van der Waals surface area contributed by atoms with Gasteiger partial charge in [0.2, 0.25) is 0 Å². The first kappa shape index (κ1) is 15.5. The van der Waals surface area contributed by atoms with Crippen molar-refractivity contribution in [1.29, 1.82) is 0 Å². The molecule has 18 heavy (non-hydrogen) atoms. The average molecular weight is 336 g/mol. The van der Waals surface area contributed by atoms with E-state index in [-0.39, 0.29) is 27.6 Å². The second-order valence-electron chi connectivity index (χ2n) is 4.66. The van der Waals surface area contributed by atoms with Gasteiger partial charge in [0.25, 0.3) is 0 Å². The molecule has 0 spiro atoms. The minimum atomic E-state index is -3.36. The number of benzene rings is 1. The van der Waals surface area contributed by atoms with Crippen LogP contribution < -0.4 is 0 Å². The highest BCUT2D eigenvalue weighted by molar-refractivity contribution is 8.93. The predicted molar refractivity (Wildman–Crippen MR) is 76.4 cm³/mol. The Hall–Kier alpha value is -0.590. The van der Waals surface area contributed by atoms with Crippen LogP contribution in [0.1, 0.15) is 11.1 Å². The van der Waals surface area contributed by atoms with E-state index in [1.54, 1.807) is 12.1 Å². The highest BCUT2D eigenvalue weighted by Gasteiger charge is 2.18. The van der Waals surface area contributed by atoms with Crippen LogP contribution in [0.4, 0.5) is 0 Å².